The first-order valence-corrected chi connectivity index (χ1v) is 11.0. The Morgan fingerprint density at radius 1 is 0.879 bits per heavy atom. The van der Waals surface area contributed by atoms with Gasteiger partial charge in [0.15, 0.2) is 0 Å². The zero-order valence-electron chi connectivity index (χ0n) is 18.0. The van der Waals surface area contributed by atoms with Gasteiger partial charge in [0.2, 0.25) is 0 Å². The molecule has 3 aromatic carbocycles. The van der Waals surface area contributed by atoms with Crippen LogP contribution in [0.2, 0.25) is 0 Å². The Morgan fingerprint density at radius 2 is 1.61 bits per heavy atom. The monoisotopic (exact) mass is 460 g/mol. The number of amides is 2. The molecule has 166 valence electrons. The molecule has 0 spiro atoms. The zero-order valence-corrected chi connectivity index (χ0v) is 18.8. The van der Waals surface area contributed by atoms with Crippen molar-refractivity contribution in [2.75, 3.05) is 17.7 Å². The summed E-state index contributed by atoms with van der Waals surface area (Å²) in [4.78, 5) is 27.1. The molecular formula is C26H21FN2O3S. The number of carbonyl (C=O) groups excluding carboxylic acids is 2. The van der Waals surface area contributed by atoms with Gasteiger partial charge < -0.3 is 15.4 Å². The van der Waals surface area contributed by atoms with Gasteiger partial charge in [-0.15, -0.1) is 11.3 Å². The number of thiophene rings is 1. The lowest BCUT2D eigenvalue weighted by Crippen LogP contribution is -2.18. The Bertz CT molecular complexity index is 1320. The van der Waals surface area contributed by atoms with Gasteiger partial charge in [0.1, 0.15) is 16.6 Å². The fourth-order valence-electron chi connectivity index (χ4n) is 3.48. The highest BCUT2D eigenvalue weighted by atomic mass is 32.1. The second-order valence-corrected chi connectivity index (χ2v) is 8.27. The van der Waals surface area contributed by atoms with Crippen LogP contribution in [0.3, 0.4) is 0 Å². The summed E-state index contributed by atoms with van der Waals surface area (Å²) in [6.07, 6.45) is 0. The number of carbonyl (C=O) groups is 2. The summed E-state index contributed by atoms with van der Waals surface area (Å²) >= 11 is 1.30. The quantitative estimate of drug-likeness (QED) is 0.351. The Kier molecular flexibility index (Phi) is 6.51. The van der Waals surface area contributed by atoms with Crippen molar-refractivity contribution < 1.29 is 18.7 Å². The van der Waals surface area contributed by atoms with Crippen LogP contribution in [0, 0.1) is 12.7 Å². The van der Waals surface area contributed by atoms with Crippen LogP contribution < -0.4 is 15.4 Å². The van der Waals surface area contributed by atoms with E-state index in [-0.39, 0.29) is 11.5 Å². The van der Waals surface area contributed by atoms with E-state index in [1.54, 1.807) is 18.2 Å². The van der Waals surface area contributed by atoms with E-state index < -0.39 is 11.7 Å². The molecule has 33 heavy (non-hydrogen) atoms. The molecule has 0 aliphatic rings. The van der Waals surface area contributed by atoms with Crippen molar-refractivity contribution in [3.8, 4) is 16.2 Å². The van der Waals surface area contributed by atoms with Gasteiger partial charge in [0.05, 0.1) is 18.4 Å². The van der Waals surface area contributed by atoms with E-state index in [9.17, 15) is 14.0 Å². The van der Waals surface area contributed by atoms with E-state index in [4.69, 9.17) is 4.74 Å². The molecule has 0 fully saturated rings. The van der Waals surface area contributed by atoms with Crippen LogP contribution in [-0.2, 0) is 0 Å². The molecule has 1 heterocycles. The average molecular weight is 461 g/mol. The van der Waals surface area contributed by atoms with Crippen LogP contribution in [0.25, 0.3) is 10.4 Å². The second kappa shape index (κ2) is 9.67. The number of rotatable bonds is 6. The van der Waals surface area contributed by atoms with Crippen molar-refractivity contribution in [1.29, 1.82) is 0 Å². The maximum absolute atomic E-state index is 13.6. The molecule has 0 bridgehead atoms. The largest absolute Gasteiger partial charge is 0.495 e. The molecule has 2 amide bonds. The molecule has 4 rings (SSSR count). The lowest BCUT2D eigenvalue weighted by Gasteiger charge is -2.11. The number of nitrogens with one attached hydrogen (secondary N) is 2. The van der Waals surface area contributed by atoms with Gasteiger partial charge in [0.25, 0.3) is 11.8 Å². The lowest BCUT2D eigenvalue weighted by atomic mass is 10.1. The van der Waals surface area contributed by atoms with Crippen molar-refractivity contribution in [2.45, 2.75) is 6.92 Å². The van der Waals surface area contributed by atoms with Gasteiger partial charge in [-0.3, -0.25) is 9.59 Å². The summed E-state index contributed by atoms with van der Waals surface area (Å²) in [7, 11) is 1.53. The van der Waals surface area contributed by atoms with E-state index in [1.807, 2.05) is 43.3 Å². The first kappa shape index (κ1) is 22.2. The molecule has 0 aliphatic carbocycles. The minimum atomic E-state index is -0.510. The Hall–Kier alpha value is -3.97. The SMILES string of the molecule is COc1ccccc1NC(=O)c1c(NC(=O)c2cccc(F)c2)sc(-c2ccccc2)c1C. The molecule has 4 aromatic rings. The predicted octanol–water partition coefficient (Wildman–Crippen LogP) is 6.38. The Morgan fingerprint density at radius 3 is 2.33 bits per heavy atom. The van der Waals surface area contributed by atoms with Crippen molar-refractivity contribution >= 4 is 33.8 Å². The van der Waals surface area contributed by atoms with E-state index in [1.165, 1.54) is 36.6 Å². The van der Waals surface area contributed by atoms with Crippen LogP contribution >= 0.6 is 11.3 Å². The second-order valence-electron chi connectivity index (χ2n) is 7.25. The molecule has 0 unspecified atom stereocenters. The smallest absolute Gasteiger partial charge is 0.259 e. The fraction of sp³-hybridized carbons (Fsp3) is 0.0769. The van der Waals surface area contributed by atoms with Crippen LogP contribution in [0.15, 0.2) is 78.9 Å². The van der Waals surface area contributed by atoms with Crippen LogP contribution in [0.4, 0.5) is 15.1 Å². The third-order valence-corrected chi connectivity index (χ3v) is 6.34. The number of halogens is 1. The molecule has 5 nitrogen and oxygen atoms in total. The molecule has 0 saturated heterocycles. The minimum absolute atomic E-state index is 0.165. The van der Waals surface area contributed by atoms with Gasteiger partial charge in [-0.05, 0) is 48.4 Å². The van der Waals surface area contributed by atoms with E-state index >= 15 is 0 Å². The number of hydrogen-bond acceptors (Lipinski definition) is 4. The highest BCUT2D eigenvalue weighted by Crippen LogP contribution is 2.40. The highest BCUT2D eigenvalue weighted by Gasteiger charge is 2.24. The summed E-state index contributed by atoms with van der Waals surface area (Å²) < 4.78 is 19.0. The summed E-state index contributed by atoms with van der Waals surface area (Å²) in [6, 6.07) is 22.1. The number of para-hydroxylation sites is 2. The van der Waals surface area contributed by atoms with Gasteiger partial charge in [-0.2, -0.15) is 0 Å². The van der Waals surface area contributed by atoms with Crippen LogP contribution in [0.1, 0.15) is 26.3 Å². The van der Waals surface area contributed by atoms with Crippen molar-refractivity contribution in [3.63, 3.8) is 0 Å². The highest BCUT2D eigenvalue weighted by molar-refractivity contribution is 7.20. The molecule has 0 saturated carbocycles. The van der Waals surface area contributed by atoms with Crippen LogP contribution in [-0.4, -0.2) is 18.9 Å². The summed E-state index contributed by atoms with van der Waals surface area (Å²) in [5, 5.41) is 6.06. The number of ether oxygens (including phenoxy) is 1. The number of anilines is 2. The van der Waals surface area contributed by atoms with Crippen molar-refractivity contribution in [2.24, 2.45) is 0 Å². The predicted molar refractivity (Wildman–Crippen MR) is 130 cm³/mol. The summed E-state index contributed by atoms with van der Waals surface area (Å²) in [5.41, 5.74) is 2.68. The normalized spacial score (nSPS) is 10.5. The third-order valence-electron chi connectivity index (χ3n) is 5.08. The average Bonchev–Trinajstić information content (AvgIpc) is 3.15. The maximum atomic E-state index is 13.6. The van der Waals surface area contributed by atoms with E-state index in [2.05, 4.69) is 10.6 Å². The van der Waals surface area contributed by atoms with E-state index in [0.717, 1.165) is 22.1 Å². The maximum Gasteiger partial charge on any atom is 0.259 e. The van der Waals surface area contributed by atoms with Crippen molar-refractivity contribution in [1.82, 2.24) is 0 Å². The fourth-order valence-corrected chi connectivity index (χ4v) is 4.68. The summed E-state index contributed by atoms with van der Waals surface area (Å²) in [5.74, 6) is -0.872. The van der Waals surface area contributed by atoms with Gasteiger partial charge >= 0.3 is 0 Å². The topological polar surface area (TPSA) is 67.4 Å². The Balaban J connectivity index is 1.74. The number of benzene rings is 3. The van der Waals surface area contributed by atoms with Gasteiger partial charge in [0, 0.05) is 10.4 Å². The third kappa shape index (κ3) is 4.78. The molecule has 2 N–H and O–H groups in total. The zero-order chi connectivity index (χ0) is 23.4. The number of methoxy groups -OCH3 is 1. The molecule has 0 aliphatic heterocycles. The molecular weight excluding hydrogens is 439 g/mol. The van der Waals surface area contributed by atoms with E-state index in [0.29, 0.717) is 22.0 Å². The lowest BCUT2D eigenvalue weighted by molar-refractivity contribution is 0.102. The molecule has 1 aromatic heterocycles. The minimum Gasteiger partial charge on any atom is -0.495 e. The first-order chi connectivity index (χ1) is 16.0. The number of hydrogen-bond donors (Lipinski definition) is 2. The van der Waals surface area contributed by atoms with Crippen LogP contribution in [0.5, 0.6) is 5.75 Å². The molecule has 0 radical (unpaired) electrons. The molecule has 0 atom stereocenters. The summed E-state index contributed by atoms with van der Waals surface area (Å²) in [6.45, 7) is 1.84. The van der Waals surface area contributed by atoms with Gasteiger partial charge in [-0.25, -0.2) is 4.39 Å². The molecule has 7 heteroatoms. The Labute approximate surface area is 194 Å². The van der Waals surface area contributed by atoms with Gasteiger partial charge in [-0.1, -0.05) is 48.5 Å². The van der Waals surface area contributed by atoms with Crippen molar-refractivity contribution in [3.05, 3.63) is 101 Å². The first-order valence-electron chi connectivity index (χ1n) is 10.2. The standard InChI is InChI=1S/C26H21FN2O3S/c1-16-22(25(31)28-20-13-6-7-14-21(20)32-2)26(33-23(16)17-9-4-3-5-10-17)29-24(30)18-11-8-12-19(27)15-18/h3-15H,1-2H3,(H,28,31)(H,29,30).